The topological polar surface area (TPSA) is 110 Å². The number of benzene rings is 1. The fourth-order valence-corrected chi connectivity index (χ4v) is 1.56. The van der Waals surface area contributed by atoms with E-state index in [9.17, 15) is 14.7 Å². The summed E-state index contributed by atoms with van der Waals surface area (Å²) in [5.74, 6) is -1.81. The number of carboxylic acid groups (broad SMARTS) is 1. The molecular weight excluding hydrogens is 264 g/mol. The van der Waals surface area contributed by atoms with Gasteiger partial charge in [0.25, 0.3) is 0 Å². The van der Waals surface area contributed by atoms with Gasteiger partial charge in [0, 0.05) is 13.1 Å². The minimum atomic E-state index is -1.29. The molecule has 0 spiro atoms. The molecule has 0 aliphatic rings. The molecule has 0 atom stereocenters. The lowest BCUT2D eigenvalue weighted by atomic mass is 10.1. The van der Waals surface area contributed by atoms with Crippen molar-refractivity contribution in [3.05, 3.63) is 36.4 Å². The average molecular weight is 280 g/mol. The number of nitrogens with zero attached hydrogens (tertiary/aromatic N) is 1. The maximum atomic E-state index is 11.9. The Morgan fingerprint density at radius 3 is 2.65 bits per heavy atom. The van der Waals surface area contributed by atoms with E-state index in [1.165, 1.54) is 29.2 Å². The van der Waals surface area contributed by atoms with Crippen LogP contribution in [0.1, 0.15) is 10.4 Å². The third-order valence-electron chi connectivity index (χ3n) is 2.51. The van der Waals surface area contributed by atoms with Crippen LogP contribution in [-0.4, -0.2) is 51.9 Å². The second kappa shape index (κ2) is 7.15. The third kappa shape index (κ3) is 3.72. The van der Waals surface area contributed by atoms with Crippen molar-refractivity contribution in [3.63, 3.8) is 0 Å². The van der Waals surface area contributed by atoms with E-state index in [1.54, 1.807) is 0 Å². The van der Waals surface area contributed by atoms with Crippen molar-refractivity contribution >= 4 is 17.7 Å². The largest absolute Gasteiger partial charge is 0.505 e. The molecule has 0 radical (unpaired) electrons. The van der Waals surface area contributed by atoms with Crippen LogP contribution in [0.5, 0.6) is 5.75 Å². The number of hydrogen-bond acceptors (Lipinski definition) is 4. The minimum absolute atomic E-state index is 0.0121. The van der Waals surface area contributed by atoms with Crippen LogP contribution in [0.15, 0.2) is 30.9 Å². The van der Waals surface area contributed by atoms with Crippen molar-refractivity contribution in [2.75, 3.05) is 25.0 Å². The zero-order chi connectivity index (χ0) is 15.1. The smallest absolute Gasteiger partial charge is 0.339 e. The van der Waals surface area contributed by atoms with E-state index in [1.807, 2.05) is 0 Å². The summed E-state index contributed by atoms with van der Waals surface area (Å²) in [5, 5.41) is 29.9. The number of anilines is 1. The lowest BCUT2D eigenvalue weighted by molar-refractivity contribution is 0.0693. The fraction of sp³-hybridized carbons (Fsp3) is 0.231. The zero-order valence-electron chi connectivity index (χ0n) is 10.7. The number of nitrogens with one attached hydrogen (secondary N) is 1. The highest BCUT2D eigenvalue weighted by atomic mass is 16.4. The molecule has 0 fully saturated rings. The summed E-state index contributed by atoms with van der Waals surface area (Å²) in [6, 6.07) is 3.44. The van der Waals surface area contributed by atoms with E-state index in [4.69, 9.17) is 10.2 Å². The second-order valence-electron chi connectivity index (χ2n) is 3.90. The van der Waals surface area contributed by atoms with Gasteiger partial charge < -0.3 is 25.5 Å². The SMILES string of the molecule is C=CCN(CCO)C(=O)Nc1cccc(C(=O)O)c1O. The molecule has 0 saturated carbocycles. The highest BCUT2D eigenvalue weighted by Gasteiger charge is 2.17. The summed E-state index contributed by atoms with van der Waals surface area (Å²) in [6.45, 7) is 3.59. The number of carboxylic acids is 1. The first kappa shape index (κ1) is 15.5. The van der Waals surface area contributed by atoms with Crippen LogP contribution in [0.25, 0.3) is 0 Å². The molecule has 2 amide bonds. The van der Waals surface area contributed by atoms with Crippen LogP contribution < -0.4 is 5.32 Å². The van der Waals surface area contributed by atoms with Gasteiger partial charge in [-0.15, -0.1) is 6.58 Å². The van der Waals surface area contributed by atoms with Crippen molar-refractivity contribution < 1.29 is 24.9 Å². The van der Waals surface area contributed by atoms with E-state index in [2.05, 4.69) is 11.9 Å². The molecule has 20 heavy (non-hydrogen) atoms. The van der Waals surface area contributed by atoms with Crippen LogP contribution in [-0.2, 0) is 0 Å². The van der Waals surface area contributed by atoms with Crippen molar-refractivity contribution in [2.45, 2.75) is 0 Å². The molecule has 4 N–H and O–H groups in total. The fourth-order valence-electron chi connectivity index (χ4n) is 1.56. The van der Waals surface area contributed by atoms with E-state index in [0.29, 0.717) is 0 Å². The molecule has 0 aliphatic carbocycles. The zero-order valence-corrected chi connectivity index (χ0v) is 10.7. The highest BCUT2D eigenvalue weighted by Crippen LogP contribution is 2.27. The van der Waals surface area contributed by atoms with Gasteiger partial charge in [-0.2, -0.15) is 0 Å². The molecule has 1 aromatic rings. The van der Waals surface area contributed by atoms with Gasteiger partial charge in [0.15, 0.2) is 5.75 Å². The Morgan fingerprint density at radius 2 is 2.10 bits per heavy atom. The molecule has 0 heterocycles. The van der Waals surface area contributed by atoms with E-state index in [-0.39, 0.29) is 30.9 Å². The lowest BCUT2D eigenvalue weighted by Gasteiger charge is -2.21. The maximum Gasteiger partial charge on any atom is 0.339 e. The van der Waals surface area contributed by atoms with Gasteiger partial charge in [-0.3, -0.25) is 0 Å². The van der Waals surface area contributed by atoms with Crippen LogP contribution in [0.3, 0.4) is 0 Å². The van der Waals surface area contributed by atoms with E-state index >= 15 is 0 Å². The molecule has 0 aliphatic heterocycles. The molecule has 0 bridgehead atoms. The van der Waals surface area contributed by atoms with Gasteiger partial charge in [0.05, 0.1) is 12.3 Å². The Bertz CT molecular complexity index is 515. The predicted molar refractivity (Wildman–Crippen MR) is 72.9 cm³/mol. The monoisotopic (exact) mass is 280 g/mol. The number of carbonyl (C=O) groups is 2. The normalized spacial score (nSPS) is 9.85. The number of urea groups is 1. The first-order valence-corrected chi connectivity index (χ1v) is 5.84. The lowest BCUT2D eigenvalue weighted by Crippen LogP contribution is -2.37. The summed E-state index contributed by atoms with van der Waals surface area (Å²) in [5.41, 5.74) is -0.317. The average Bonchev–Trinajstić information content (AvgIpc) is 2.40. The number of aromatic hydroxyl groups is 1. The molecule has 108 valence electrons. The molecule has 1 aromatic carbocycles. The van der Waals surface area contributed by atoms with Gasteiger partial charge in [0.2, 0.25) is 0 Å². The predicted octanol–water partition coefficient (Wildman–Crippen LogP) is 1.10. The Kier molecular flexibility index (Phi) is 5.55. The summed E-state index contributed by atoms with van der Waals surface area (Å²) in [4.78, 5) is 24.1. The molecule has 7 nitrogen and oxygen atoms in total. The van der Waals surface area contributed by atoms with Crippen LogP contribution >= 0.6 is 0 Å². The number of phenols is 1. The number of amides is 2. The minimum Gasteiger partial charge on any atom is -0.505 e. The Labute approximate surface area is 115 Å². The number of hydrogen-bond donors (Lipinski definition) is 4. The van der Waals surface area contributed by atoms with Crippen molar-refractivity contribution in [1.82, 2.24) is 4.90 Å². The molecule has 0 aromatic heterocycles. The highest BCUT2D eigenvalue weighted by molar-refractivity contribution is 5.97. The number of carbonyl (C=O) groups excluding carboxylic acids is 1. The third-order valence-corrected chi connectivity index (χ3v) is 2.51. The number of rotatable bonds is 6. The van der Waals surface area contributed by atoms with Gasteiger partial charge in [0.1, 0.15) is 5.56 Å². The molecular formula is C13H16N2O5. The summed E-state index contributed by atoms with van der Waals surface area (Å²) in [6.07, 6.45) is 1.49. The summed E-state index contributed by atoms with van der Waals surface area (Å²) >= 11 is 0. The van der Waals surface area contributed by atoms with Crippen molar-refractivity contribution in [3.8, 4) is 5.75 Å². The Balaban J connectivity index is 2.92. The van der Waals surface area contributed by atoms with Crippen molar-refractivity contribution in [1.29, 1.82) is 0 Å². The molecule has 0 saturated heterocycles. The Morgan fingerprint density at radius 1 is 1.40 bits per heavy atom. The first-order chi connectivity index (χ1) is 9.51. The van der Waals surface area contributed by atoms with Crippen LogP contribution in [0.4, 0.5) is 10.5 Å². The van der Waals surface area contributed by atoms with E-state index in [0.717, 1.165) is 0 Å². The van der Waals surface area contributed by atoms with Crippen LogP contribution in [0, 0.1) is 0 Å². The second-order valence-corrected chi connectivity index (χ2v) is 3.90. The standard InChI is InChI=1S/C13H16N2O5/c1-2-6-15(7-8-16)13(20)14-10-5-3-4-9(11(10)17)12(18)19/h2-5,16-17H,1,6-8H2,(H,14,20)(H,18,19). The number of aliphatic hydroxyl groups excluding tert-OH is 1. The maximum absolute atomic E-state index is 11.9. The summed E-state index contributed by atoms with van der Waals surface area (Å²) in [7, 11) is 0. The van der Waals surface area contributed by atoms with Crippen molar-refractivity contribution in [2.24, 2.45) is 0 Å². The van der Waals surface area contributed by atoms with E-state index < -0.39 is 17.7 Å². The number of aromatic carboxylic acids is 1. The molecule has 7 heteroatoms. The molecule has 0 unspecified atom stereocenters. The van der Waals surface area contributed by atoms with Gasteiger partial charge in [-0.25, -0.2) is 9.59 Å². The number of para-hydroxylation sites is 1. The van der Waals surface area contributed by atoms with Gasteiger partial charge >= 0.3 is 12.0 Å². The van der Waals surface area contributed by atoms with Gasteiger partial charge in [-0.1, -0.05) is 12.1 Å². The van der Waals surface area contributed by atoms with Crippen LogP contribution in [0.2, 0.25) is 0 Å². The molecule has 1 rings (SSSR count). The summed E-state index contributed by atoms with van der Waals surface area (Å²) < 4.78 is 0. The quantitative estimate of drug-likeness (QED) is 0.461. The Hall–Kier alpha value is -2.54. The number of aliphatic hydroxyl groups is 1. The first-order valence-electron chi connectivity index (χ1n) is 5.84. The van der Waals surface area contributed by atoms with Gasteiger partial charge in [-0.05, 0) is 12.1 Å².